The topological polar surface area (TPSA) is 41.6 Å². The molecule has 0 radical (unpaired) electrons. The molecular weight excluding hydrogens is 228 g/mol. The molecule has 4 heteroatoms. The molecule has 1 spiro atoms. The highest BCUT2D eigenvalue weighted by Crippen LogP contribution is 2.36. The number of hydrogen-bond donors (Lipinski definition) is 1. The van der Waals surface area contributed by atoms with Crippen LogP contribution in [-0.2, 0) is 9.53 Å². The van der Waals surface area contributed by atoms with Gasteiger partial charge in [0.1, 0.15) is 0 Å². The standard InChI is InChI=1S/C14H26N2O2/c1-12(13(17)18-2)9-16-8-4-6-14(11-16)5-3-7-15-10-14/h12,15H,3-11H2,1-2H3. The summed E-state index contributed by atoms with van der Waals surface area (Å²) in [6.45, 7) is 7.39. The lowest BCUT2D eigenvalue weighted by molar-refractivity contribution is -0.145. The number of hydrogen-bond acceptors (Lipinski definition) is 4. The number of carbonyl (C=O) groups excluding carboxylic acids is 1. The first-order valence-corrected chi connectivity index (χ1v) is 7.16. The normalized spacial score (nSPS) is 31.2. The van der Waals surface area contributed by atoms with Crippen LogP contribution in [0, 0.1) is 11.3 Å². The number of ether oxygens (including phenoxy) is 1. The van der Waals surface area contributed by atoms with Gasteiger partial charge in [-0.3, -0.25) is 4.79 Å². The smallest absolute Gasteiger partial charge is 0.309 e. The minimum atomic E-state index is -0.0867. The Morgan fingerprint density at radius 1 is 1.44 bits per heavy atom. The summed E-state index contributed by atoms with van der Waals surface area (Å²) in [5, 5.41) is 3.53. The second kappa shape index (κ2) is 6.02. The van der Waals surface area contributed by atoms with Crippen LogP contribution < -0.4 is 5.32 Å². The molecule has 2 rings (SSSR count). The van der Waals surface area contributed by atoms with Crippen LogP contribution in [0.15, 0.2) is 0 Å². The van der Waals surface area contributed by atoms with E-state index in [0.29, 0.717) is 5.41 Å². The van der Waals surface area contributed by atoms with Gasteiger partial charge in [0.15, 0.2) is 0 Å². The molecule has 2 atom stereocenters. The molecule has 0 aliphatic carbocycles. The summed E-state index contributed by atoms with van der Waals surface area (Å²) in [7, 11) is 1.47. The molecule has 1 N–H and O–H groups in total. The summed E-state index contributed by atoms with van der Waals surface area (Å²) in [4.78, 5) is 13.9. The number of likely N-dealkylation sites (tertiary alicyclic amines) is 1. The van der Waals surface area contributed by atoms with E-state index in [4.69, 9.17) is 4.74 Å². The minimum absolute atomic E-state index is 0.0123. The number of methoxy groups -OCH3 is 1. The van der Waals surface area contributed by atoms with E-state index in [1.165, 1.54) is 39.3 Å². The van der Waals surface area contributed by atoms with Crippen LogP contribution in [0.1, 0.15) is 32.6 Å². The molecule has 2 unspecified atom stereocenters. The van der Waals surface area contributed by atoms with Gasteiger partial charge in [0.05, 0.1) is 13.0 Å². The van der Waals surface area contributed by atoms with Gasteiger partial charge in [-0.2, -0.15) is 0 Å². The SMILES string of the molecule is COC(=O)C(C)CN1CCCC2(CCCNC2)C1. The maximum Gasteiger partial charge on any atom is 0.309 e. The molecule has 0 aromatic carbocycles. The van der Waals surface area contributed by atoms with E-state index in [-0.39, 0.29) is 11.9 Å². The Bertz CT molecular complexity index is 282. The maximum atomic E-state index is 11.5. The van der Waals surface area contributed by atoms with Crippen LogP contribution in [0.3, 0.4) is 0 Å². The highest BCUT2D eigenvalue weighted by molar-refractivity contribution is 5.72. The van der Waals surface area contributed by atoms with Gasteiger partial charge in [-0.25, -0.2) is 0 Å². The van der Waals surface area contributed by atoms with E-state index in [1.54, 1.807) is 0 Å². The van der Waals surface area contributed by atoms with E-state index >= 15 is 0 Å². The number of rotatable bonds is 3. The second-order valence-corrected chi connectivity index (χ2v) is 6.04. The first kappa shape index (κ1) is 13.8. The lowest BCUT2D eigenvalue weighted by Gasteiger charge is -2.45. The van der Waals surface area contributed by atoms with Crippen molar-refractivity contribution in [2.45, 2.75) is 32.6 Å². The largest absolute Gasteiger partial charge is 0.469 e. The van der Waals surface area contributed by atoms with Gasteiger partial charge in [0.25, 0.3) is 0 Å². The summed E-state index contributed by atoms with van der Waals surface area (Å²) < 4.78 is 4.81. The number of piperidine rings is 2. The second-order valence-electron chi connectivity index (χ2n) is 6.04. The summed E-state index contributed by atoms with van der Waals surface area (Å²) in [6.07, 6.45) is 5.22. The van der Waals surface area contributed by atoms with Crippen LogP contribution in [0.5, 0.6) is 0 Å². The lowest BCUT2D eigenvalue weighted by Crippen LogP contribution is -2.52. The van der Waals surface area contributed by atoms with Gasteiger partial charge in [0, 0.05) is 19.6 Å². The minimum Gasteiger partial charge on any atom is -0.469 e. The molecule has 2 heterocycles. The number of esters is 1. The third-order valence-corrected chi connectivity index (χ3v) is 4.44. The van der Waals surface area contributed by atoms with E-state index in [9.17, 15) is 4.79 Å². The number of nitrogens with zero attached hydrogens (tertiary/aromatic N) is 1. The molecule has 0 aromatic heterocycles. The van der Waals surface area contributed by atoms with Gasteiger partial charge in [-0.05, 0) is 44.2 Å². The number of nitrogens with one attached hydrogen (secondary N) is 1. The molecule has 2 fully saturated rings. The zero-order valence-corrected chi connectivity index (χ0v) is 11.7. The van der Waals surface area contributed by atoms with Crippen molar-refractivity contribution in [1.82, 2.24) is 10.2 Å². The molecule has 2 aliphatic heterocycles. The molecule has 104 valence electrons. The summed E-state index contributed by atoms with van der Waals surface area (Å²) >= 11 is 0. The third-order valence-electron chi connectivity index (χ3n) is 4.44. The Labute approximate surface area is 110 Å². The predicted molar refractivity (Wildman–Crippen MR) is 71.4 cm³/mol. The molecule has 0 saturated carbocycles. The highest BCUT2D eigenvalue weighted by atomic mass is 16.5. The van der Waals surface area contributed by atoms with Gasteiger partial charge in [-0.1, -0.05) is 6.92 Å². The lowest BCUT2D eigenvalue weighted by atomic mass is 9.74. The Kier molecular flexibility index (Phi) is 4.62. The van der Waals surface area contributed by atoms with E-state index < -0.39 is 0 Å². The van der Waals surface area contributed by atoms with Gasteiger partial charge < -0.3 is 15.0 Å². The zero-order chi connectivity index (χ0) is 13.0. The summed E-state index contributed by atoms with van der Waals surface area (Å²) in [5.74, 6) is -0.0990. The molecule has 0 bridgehead atoms. The molecule has 4 nitrogen and oxygen atoms in total. The van der Waals surface area contributed by atoms with Crippen LogP contribution in [0.4, 0.5) is 0 Å². The maximum absolute atomic E-state index is 11.5. The van der Waals surface area contributed by atoms with Gasteiger partial charge in [0.2, 0.25) is 0 Å². The van der Waals surface area contributed by atoms with Gasteiger partial charge >= 0.3 is 5.97 Å². The van der Waals surface area contributed by atoms with Crippen molar-refractivity contribution in [2.75, 3.05) is 39.8 Å². The van der Waals surface area contributed by atoms with Crippen molar-refractivity contribution in [3.8, 4) is 0 Å². The average Bonchev–Trinajstić information content (AvgIpc) is 2.38. The zero-order valence-electron chi connectivity index (χ0n) is 11.7. The predicted octanol–water partition coefficient (Wildman–Crippen LogP) is 1.26. The molecular formula is C14H26N2O2. The highest BCUT2D eigenvalue weighted by Gasteiger charge is 2.37. The van der Waals surface area contributed by atoms with Crippen LogP contribution in [0.25, 0.3) is 0 Å². The van der Waals surface area contributed by atoms with Crippen molar-refractivity contribution in [3.05, 3.63) is 0 Å². The first-order valence-electron chi connectivity index (χ1n) is 7.16. The van der Waals surface area contributed by atoms with Crippen molar-refractivity contribution >= 4 is 5.97 Å². The van der Waals surface area contributed by atoms with Crippen molar-refractivity contribution in [2.24, 2.45) is 11.3 Å². The third kappa shape index (κ3) is 3.23. The van der Waals surface area contributed by atoms with Crippen LogP contribution in [-0.4, -0.2) is 50.7 Å². The Balaban J connectivity index is 1.88. The fourth-order valence-corrected chi connectivity index (χ4v) is 3.51. The average molecular weight is 254 g/mol. The number of carbonyl (C=O) groups is 1. The molecule has 18 heavy (non-hydrogen) atoms. The molecule has 0 amide bonds. The molecule has 2 aliphatic rings. The Morgan fingerprint density at radius 3 is 2.89 bits per heavy atom. The summed E-state index contributed by atoms with van der Waals surface area (Å²) in [6, 6.07) is 0. The Hall–Kier alpha value is -0.610. The molecule has 0 aromatic rings. The fourth-order valence-electron chi connectivity index (χ4n) is 3.51. The molecule has 2 saturated heterocycles. The van der Waals surface area contributed by atoms with Crippen molar-refractivity contribution in [1.29, 1.82) is 0 Å². The van der Waals surface area contributed by atoms with Crippen LogP contribution in [0.2, 0.25) is 0 Å². The summed E-state index contributed by atoms with van der Waals surface area (Å²) in [5.41, 5.74) is 0.465. The Morgan fingerprint density at radius 2 is 2.22 bits per heavy atom. The van der Waals surface area contributed by atoms with Crippen molar-refractivity contribution in [3.63, 3.8) is 0 Å². The van der Waals surface area contributed by atoms with E-state index in [2.05, 4.69) is 10.2 Å². The van der Waals surface area contributed by atoms with E-state index in [1.807, 2.05) is 6.92 Å². The fraction of sp³-hybridized carbons (Fsp3) is 0.929. The van der Waals surface area contributed by atoms with Gasteiger partial charge in [-0.15, -0.1) is 0 Å². The van der Waals surface area contributed by atoms with E-state index in [0.717, 1.165) is 26.2 Å². The quantitative estimate of drug-likeness (QED) is 0.770. The van der Waals surface area contributed by atoms with Crippen molar-refractivity contribution < 1.29 is 9.53 Å². The van der Waals surface area contributed by atoms with Crippen LogP contribution >= 0.6 is 0 Å². The first-order chi connectivity index (χ1) is 8.65. The monoisotopic (exact) mass is 254 g/mol.